The Bertz CT molecular complexity index is 573. The van der Waals surface area contributed by atoms with Gasteiger partial charge in [-0.05, 0) is 39.0 Å². The van der Waals surface area contributed by atoms with E-state index in [-0.39, 0.29) is 6.61 Å². The molecule has 0 aromatic rings. The Labute approximate surface area is 232 Å². The first-order valence-electron chi connectivity index (χ1n) is 15.6. The third kappa shape index (κ3) is 24.4. The lowest BCUT2D eigenvalue weighted by atomic mass is 10.1. The largest absolute Gasteiger partial charge is 0.464 e. The average molecular weight is 543 g/mol. The highest BCUT2D eigenvalue weighted by molar-refractivity contribution is 5.81. The van der Waals surface area contributed by atoms with E-state index >= 15 is 0 Å². The Morgan fingerprint density at radius 2 is 1.03 bits per heavy atom. The highest BCUT2D eigenvalue weighted by Crippen LogP contribution is 2.10. The van der Waals surface area contributed by atoms with Gasteiger partial charge in [-0.2, -0.15) is 0 Å². The van der Waals surface area contributed by atoms with Crippen LogP contribution >= 0.6 is 0 Å². The standard InChI is InChI=1S/C30H58N2O6/c1-4-7-9-11-13-15-17-21-25-37-29(34)31-24-20-19-23-27(28(33)36-6-3)32-30(35)38-26-22-18-16-14-12-10-8-5-2/h27H,4-26H2,1-3H3,(H,31,34)(H,32,35). The summed E-state index contributed by atoms with van der Waals surface area (Å²) >= 11 is 0. The van der Waals surface area contributed by atoms with Crippen molar-refractivity contribution in [1.82, 2.24) is 10.6 Å². The maximum atomic E-state index is 12.3. The molecular formula is C30H58N2O6. The van der Waals surface area contributed by atoms with Gasteiger partial charge in [0.2, 0.25) is 0 Å². The molecule has 0 aromatic carbocycles. The van der Waals surface area contributed by atoms with Gasteiger partial charge in [0.1, 0.15) is 6.04 Å². The van der Waals surface area contributed by atoms with Crippen LogP contribution in [0.25, 0.3) is 0 Å². The van der Waals surface area contributed by atoms with Crippen molar-refractivity contribution in [3.8, 4) is 0 Å². The summed E-state index contributed by atoms with van der Waals surface area (Å²) in [6.45, 7) is 7.66. The Kier molecular flexibility index (Phi) is 26.6. The SMILES string of the molecule is CCCCCCCCCCOC(=O)NCCCCC(NC(=O)OCCCCCCCCCC)C(=O)OCC. The number of esters is 1. The second-order valence-electron chi connectivity index (χ2n) is 10.1. The average Bonchev–Trinajstić information content (AvgIpc) is 2.90. The van der Waals surface area contributed by atoms with E-state index in [4.69, 9.17) is 14.2 Å². The van der Waals surface area contributed by atoms with Crippen molar-refractivity contribution in [3.05, 3.63) is 0 Å². The zero-order valence-electron chi connectivity index (χ0n) is 24.8. The molecule has 1 unspecified atom stereocenters. The van der Waals surface area contributed by atoms with Crippen molar-refractivity contribution in [1.29, 1.82) is 0 Å². The van der Waals surface area contributed by atoms with Crippen LogP contribution < -0.4 is 10.6 Å². The van der Waals surface area contributed by atoms with E-state index in [0.29, 0.717) is 39.0 Å². The fraction of sp³-hybridized carbons (Fsp3) is 0.900. The van der Waals surface area contributed by atoms with Gasteiger partial charge in [0.05, 0.1) is 19.8 Å². The molecule has 0 aliphatic carbocycles. The van der Waals surface area contributed by atoms with E-state index in [2.05, 4.69) is 24.5 Å². The van der Waals surface area contributed by atoms with Crippen LogP contribution in [0.2, 0.25) is 0 Å². The van der Waals surface area contributed by atoms with Crippen LogP contribution in [0.4, 0.5) is 9.59 Å². The van der Waals surface area contributed by atoms with E-state index in [1.54, 1.807) is 6.92 Å². The predicted molar refractivity (Wildman–Crippen MR) is 153 cm³/mol. The Morgan fingerprint density at radius 3 is 1.53 bits per heavy atom. The number of rotatable bonds is 26. The zero-order chi connectivity index (χ0) is 28.1. The Morgan fingerprint density at radius 1 is 0.553 bits per heavy atom. The topological polar surface area (TPSA) is 103 Å². The van der Waals surface area contributed by atoms with Crippen molar-refractivity contribution >= 4 is 18.2 Å². The number of unbranched alkanes of at least 4 members (excludes halogenated alkanes) is 15. The molecule has 0 aliphatic heterocycles. The first kappa shape index (κ1) is 36.0. The summed E-state index contributed by atoms with van der Waals surface area (Å²) in [6.07, 6.45) is 19.7. The van der Waals surface area contributed by atoms with Gasteiger partial charge in [0.25, 0.3) is 0 Å². The second kappa shape index (κ2) is 28.0. The maximum Gasteiger partial charge on any atom is 0.407 e. The van der Waals surface area contributed by atoms with Crippen LogP contribution in [0, 0.1) is 0 Å². The van der Waals surface area contributed by atoms with Gasteiger partial charge in [-0.15, -0.1) is 0 Å². The van der Waals surface area contributed by atoms with Crippen molar-refractivity contribution in [2.45, 2.75) is 149 Å². The van der Waals surface area contributed by atoms with Crippen molar-refractivity contribution in [3.63, 3.8) is 0 Å². The molecule has 0 rings (SSSR count). The third-order valence-corrected chi connectivity index (χ3v) is 6.51. The second-order valence-corrected chi connectivity index (χ2v) is 10.1. The normalized spacial score (nSPS) is 11.6. The van der Waals surface area contributed by atoms with E-state index < -0.39 is 24.2 Å². The summed E-state index contributed by atoms with van der Waals surface area (Å²) in [5, 5.41) is 5.38. The monoisotopic (exact) mass is 542 g/mol. The molecule has 1 atom stereocenters. The summed E-state index contributed by atoms with van der Waals surface area (Å²) in [5.41, 5.74) is 0. The molecule has 224 valence electrons. The van der Waals surface area contributed by atoms with Gasteiger partial charge in [0.15, 0.2) is 0 Å². The summed E-state index contributed by atoms with van der Waals surface area (Å²) in [4.78, 5) is 36.2. The quantitative estimate of drug-likeness (QED) is 0.0656. The molecule has 0 aliphatic rings. The van der Waals surface area contributed by atoms with Crippen LogP contribution in [-0.2, 0) is 19.0 Å². The number of amides is 2. The minimum atomic E-state index is -0.755. The number of hydrogen-bond donors (Lipinski definition) is 2. The summed E-state index contributed by atoms with van der Waals surface area (Å²) in [5.74, 6) is -0.464. The minimum Gasteiger partial charge on any atom is -0.464 e. The molecule has 0 heterocycles. The molecule has 2 amide bonds. The van der Waals surface area contributed by atoms with Crippen molar-refractivity contribution in [2.24, 2.45) is 0 Å². The molecule has 0 aromatic heterocycles. The molecule has 0 bridgehead atoms. The molecule has 0 spiro atoms. The molecular weight excluding hydrogens is 484 g/mol. The van der Waals surface area contributed by atoms with Crippen LogP contribution in [0.5, 0.6) is 0 Å². The van der Waals surface area contributed by atoms with Crippen molar-refractivity contribution in [2.75, 3.05) is 26.4 Å². The number of hydrogen-bond acceptors (Lipinski definition) is 6. The van der Waals surface area contributed by atoms with E-state index in [1.165, 1.54) is 70.6 Å². The van der Waals surface area contributed by atoms with Gasteiger partial charge in [-0.25, -0.2) is 14.4 Å². The molecule has 38 heavy (non-hydrogen) atoms. The Hall–Kier alpha value is -1.99. The molecule has 8 heteroatoms. The van der Waals surface area contributed by atoms with E-state index in [1.807, 2.05) is 0 Å². The summed E-state index contributed by atoms with van der Waals surface area (Å²) < 4.78 is 15.6. The van der Waals surface area contributed by atoms with Crippen LogP contribution in [0.3, 0.4) is 0 Å². The fourth-order valence-corrected chi connectivity index (χ4v) is 4.19. The first-order chi connectivity index (χ1) is 18.5. The summed E-state index contributed by atoms with van der Waals surface area (Å²) in [7, 11) is 0. The van der Waals surface area contributed by atoms with Gasteiger partial charge in [0, 0.05) is 6.54 Å². The number of ether oxygens (including phenoxy) is 3. The number of carbonyl (C=O) groups is 3. The highest BCUT2D eigenvalue weighted by Gasteiger charge is 2.22. The van der Waals surface area contributed by atoms with Crippen LogP contribution in [0.1, 0.15) is 143 Å². The fourth-order valence-electron chi connectivity index (χ4n) is 4.19. The lowest BCUT2D eigenvalue weighted by Gasteiger charge is -2.17. The first-order valence-corrected chi connectivity index (χ1v) is 15.6. The Balaban J connectivity index is 3.91. The number of carbonyl (C=O) groups excluding carboxylic acids is 3. The predicted octanol–water partition coefficient (Wildman–Crippen LogP) is 7.82. The van der Waals surface area contributed by atoms with Crippen LogP contribution in [0.15, 0.2) is 0 Å². The van der Waals surface area contributed by atoms with Gasteiger partial charge in [-0.1, -0.05) is 104 Å². The van der Waals surface area contributed by atoms with E-state index in [9.17, 15) is 14.4 Å². The summed E-state index contributed by atoms with van der Waals surface area (Å²) in [6, 6.07) is -0.755. The molecule has 8 nitrogen and oxygen atoms in total. The molecule has 0 saturated carbocycles. The van der Waals surface area contributed by atoms with Gasteiger partial charge >= 0.3 is 18.2 Å². The lowest BCUT2D eigenvalue weighted by molar-refractivity contribution is -0.145. The molecule has 0 fully saturated rings. The zero-order valence-corrected chi connectivity index (χ0v) is 24.8. The highest BCUT2D eigenvalue weighted by atomic mass is 16.6. The lowest BCUT2D eigenvalue weighted by Crippen LogP contribution is -2.42. The van der Waals surface area contributed by atoms with Crippen molar-refractivity contribution < 1.29 is 28.6 Å². The minimum absolute atomic E-state index is 0.247. The number of nitrogens with one attached hydrogen (secondary N) is 2. The van der Waals surface area contributed by atoms with Crippen LogP contribution in [-0.4, -0.2) is 50.6 Å². The number of alkyl carbamates (subject to hydrolysis) is 2. The molecule has 0 saturated heterocycles. The molecule has 0 radical (unpaired) electrons. The van der Waals surface area contributed by atoms with Gasteiger partial charge < -0.3 is 24.8 Å². The third-order valence-electron chi connectivity index (χ3n) is 6.51. The smallest absolute Gasteiger partial charge is 0.407 e. The van der Waals surface area contributed by atoms with Gasteiger partial charge in [-0.3, -0.25) is 0 Å². The molecule has 2 N–H and O–H groups in total. The maximum absolute atomic E-state index is 12.3. The van der Waals surface area contributed by atoms with E-state index in [0.717, 1.165) is 32.1 Å².